The van der Waals surface area contributed by atoms with Gasteiger partial charge in [-0.15, -0.1) is 0 Å². The summed E-state index contributed by atoms with van der Waals surface area (Å²) in [5, 5.41) is 8.61. The van der Waals surface area contributed by atoms with Gasteiger partial charge in [0.25, 0.3) is 0 Å². The average molecular weight is 283 g/mol. The number of nitrogens with zero attached hydrogens (tertiary/aromatic N) is 1. The van der Waals surface area contributed by atoms with Crippen molar-refractivity contribution in [2.75, 3.05) is 0 Å². The predicted molar refractivity (Wildman–Crippen MR) is 81.6 cm³/mol. The molecule has 0 aliphatic carbocycles. The van der Waals surface area contributed by atoms with Crippen molar-refractivity contribution in [3.63, 3.8) is 0 Å². The summed E-state index contributed by atoms with van der Waals surface area (Å²) in [4.78, 5) is 14.7. The lowest BCUT2D eigenvalue weighted by Crippen LogP contribution is -1.94. The van der Waals surface area contributed by atoms with E-state index in [1.807, 2.05) is 39.0 Å². The first kappa shape index (κ1) is 14.8. The fourth-order valence-electron chi connectivity index (χ4n) is 1.97. The Morgan fingerprint density at radius 2 is 1.95 bits per heavy atom. The Labute approximate surface area is 123 Å². The molecule has 1 aromatic carbocycles. The van der Waals surface area contributed by atoms with Crippen LogP contribution in [0.5, 0.6) is 11.6 Å². The summed E-state index contributed by atoms with van der Waals surface area (Å²) in [5.41, 5.74) is 3.80. The Bertz CT molecular complexity index is 705. The highest BCUT2D eigenvalue weighted by atomic mass is 16.5. The number of hydrogen-bond acceptors (Lipinski definition) is 3. The molecule has 0 unspecified atom stereocenters. The predicted octanol–water partition coefficient (Wildman–Crippen LogP) is 3.90. The highest BCUT2D eigenvalue weighted by Crippen LogP contribution is 2.27. The Balaban J connectivity index is 2.23. The lowest BCUT2D eigenvalue weighted by atomic mass is 10.1. The van der Waals surface area contributed by atoms with Crippen LogP contribution >= 0.6 is 0 Å². The lowest BCUT2D eigenvalue weighted by molar-refractivity contribution is -0.131. The van der Waals surface area contributed by atoms with E-state index >= 15 is 0 Å². The Kier molecular flexibility index (Phi) is 4.38. The number of carboxylic acids is 1. The Hall–Kier alpha value is -2.62. The number of carbonyl (C=O) groups is 1. The first-order valence-corrected chi connectivity index (χ1v) is 6.58. The van der Waals surface area contributed by atoms with Crippen molar-refractivity contribution in [3.05, 3.63) is 58.8 Å². The van der Waals surface area contributed by atoms with Gasteiger partial charge in [0.15, 0.2) is 0 Å². The second-order valence-electron chi connectivity index (χ2n) is 4.93. The molecule has 0 atom stereocenters. The molecular weight excluding hydrogens is 266 g/mol. The first-order valence-electron chi connectivity index (χ1n) is 6.58. The minimum Gasteiger partial charge on any atom is -0.478 e. The van der Waals surface area contributed by atoms with Crippen LogP contribution in [0, 0.1) is 20.8 Å². The summed E-state index contributed by atoms with van der Waals surface area (Å²) in [7, 11) is 0. The SMILES string of the molecule is Cc1ccc(Oc2ncc(/C=C/C(=O)O)cc2C)c(C)c1. The van der Waals surface area contributed by atoms with Crippen LogP contribution in [0.1, 0.15) is 22.3 Å². The molecule has 0 amide bonds. The van der Waals surface area contributed by atoms with Gasteiger partial charge in [-0.05, 0) is 50.1 Å². The number of carboxylic acid groups (broad SMARTS) is 1. The first-order chi connectivity index (χ1) is 9.95. The van der Waals surface area contributed by atoms with Gasteiger partial charge in [0, 0.05) is 17.8 Å². The van der Waals surface area contributed by atoms with Gasteiger partial charge in [0.2, 0.25) is 5.88 Å². The number of hydrogen-bond donors (Lipinski definition) is 1. The van der Waals surface area contributed by atoms with Gasteiger partial charge < -0.3 is 9.84 Å². The van der Waals surface area contributed by atoms with E-state index < -0.39 is 5.97 Å². The minimum absolute atomic E-state index is 0.523. The van der Waals surface area contributed by atoms with Crippen molar-refractivity contribution >= 4 is 12.0 Å². The molecule has 1 N–H and O–H groups in total. The molecule has 0 saturated carbocycles. The van der Waals surface area contributed by atoms with E-state index in [1.54, 1.807) is 6.20 Å². The maximum absolute atomic E-state index is 10.5. The normalized spacial score (nSPS) is 10.8. The monoisotopic (exact) mass is 283 g/mol. The summed E-state index contributed by atoms with van der Waals surface area (Å²) in [6, 6.07) is 7.80. The van der Waals surface area contributed by atoms with Crippen LogP contribution in [-0.4, -0.2) is 16.1 Å². The molecule has 0 bridgehead atoms. The molecule has 0 fully saturated rings. The molecule has 0 aliphatic rings. The molecule has 4 heteroatoms. The van der Waals surface area contributed by atoms with Crippen LogP contribution in [0.15, 0.2) is 36.5 Å². The van der Waals surface area contributed by atoms with E-state index in [2.05, 4.69) is 11.1 Å². The second-order valence-corrected chi connectivity index (χ2v) is 4.93. The van der Waals surface area contributed by atoms with Gasteiger partial charge in [-0.2, -0.15) is 0 Å². The van der Waals surface area contributed by atoms with Crippen LogP contribution in [0.25, 0.3) is 6.08 Å². The van der Waals surface area contributed by atoms with Gasteiger partial charge in [-0.25, -0.2) is 9.78 Å². The third-order valence-corrected chi connectivity index (χ3v) is 3.01. The van der Waals surface area contributed by atoms with E-state index in [1.165, 1.54) is 11.6 Å². The van der Waals surface area contributed by atoms with Crippen LogP contribution < -0.4 is 4.74 Å². The van der Waals surface area contributed by atoms with Crippen LogP contribution in [0.4, 0.5) is 0 Å². The maximum Gasteiger partial charge on any atom is 0.328 e. The van der Waals surface area contributed by atoms with Gasteiger partial charge in [-0.3, -0.25) is 0 Å². The Morgan fingerprint density at radius 3 is 2.57 bits per heavy atom. The van der Waals surface area contributed by atoms with Crippen molar-refractivity contribution < 1.29 is 14.6 Å². The topological polar surface area (TPSA) is 59.4 Å². The summed E-state index contributed by atoms with van der Waals surface area (Å²) in [6.07, 6.45) is 4.18. The van der Waals surface area contributed by atoms with E-state index in [-0.39, 0.29) is 0 Å². The van der Waals surface area contributed by atoms with Gasteiger partial charge in [0.05, 0.1) is 0 Å². The standard InChI is InChI=1S/C17H17NO3/c1-11-4-6-15(12(2)8-11)21-17-13(3)9-14(10-18-17)5-7-16(19)20/h4-10H,1-3H3,(H,19,20)/b7-5+. The van der Waals surface area contributed by atoms with Crippen LogP contribution in [0.2, 0.25) is 0 Å². The maximum atomic E-state index is 10.5. The molecule has 0 radical (unpaired) electrons. The van der Waals surface area contributed by atoms with E-state index in [0.717, 1.165) is 28.5 Å². The second kappa shape index (κ2) is 6.22. The third-order valence-electron chi connectivity index (χ3n) is 3.01. The van der Waals surface area contributed by atoms with Gasteiger partial charge >= 0.3 is 5.97 Å². The molecule has 4 nitrogen and oxygen atoms in total. The van der Waals surface area contributed by atoms with Crippen molar-refractivity contribution in [1.29, 1.82) is 0 Å². The third kappa shape index (κ3) is 3.92. The van der Waals surface area contributed by atoms with Crippen molar-refractivity contribution in [2.24, 2.45) is 0 Å². The lowest BCUT2D eigenvalue weighted by Gasteiger charge is -2.10. The van der Waals surface area contributed by atoms with E-state index in [9.17, 15) is 4.79 Å². The summed E-state index contributed by atoms with van der Waals surface area (Å²) in [5.74, 6) is 0.308. The number of ether oxygens (including phenoxy) is 1. The molecule has 2 aromatic rings. The average Bonchev–Trinajstić information content (AvgIpc) is 2.42. The van der Waals surface area contributed by atoms with E-state index in [0.29, 0.717) is 5.88 Å². The quantitative estimate of drug-likeness (QED) is 0.865. The highest BCUT2D eigenvalue weighted by Gasteiger charge is 2.06. The molecule has 0 saturated heterocycles. The van der Waals surface area contributed by atoms with Crippen LogP contribution in [0.3, 0.4) is 0 Å². The number of aromatic nitrogens is 1. The summed E-state index contributed by atoms with van der Waals surface area (Å²) >= 11 is 0. The molecule has 0 spiro atoms. The van der Waals surface area contributed by atoms with Gasteiger partial charge in [-0.1, -0.05) is 17.7 Å². The largest absolute Gasteiger partial charge is 0.478 e. The molecule has 1 aromatic heterocycles. The van der Waals surface area contributed by atoms with E-state index in [4.69, 9.17) is 9.84 Å². The highest BCUT2D eigenvalue weighted by molar-refractivity contribution is 5.85. The Morgan fingerprint density at radius 1 is 1.19 bits per heavy atom. The molecule has 2 rings (SSSR count). The summed E-state index contributed by atoms with van der Waals surface area (Å²) in [6.45, 7) is 5.90. The molecule has 1 heterocycles. The molecule has 108 valence electrons. The molecule has 0 aliphatic heterocycles. The number of benzene rings is 1. The number of aryl methyl sites for hydroxylation is 3. The zero-order chi connectivity index (χ0) is 15.4. The summed E-state index contributed by atoms with van der Waals surface area (Å²) < 4.78 is 5.82. The number of pyridine rings is 1. The van der Waals surface area contributed by atoms with Gasteiger partial charge in [0.1, 0.15) is 5.75 Å². The number of rotatable bonds is 4. The molecule has 21 heavy (non-hydrogen) atoms. The number of aliphatic carboxylic acids is 1. The molecular formula is C17H17NO3. The fourth-order valence-corrected chi connectivity index (χ4v) is 1.97. The zero-order valence-electron chi connectivity index (χ0n) is 12.3. The fraction of sp³-hybridized carbons (Fsp3) is 0.176. The van der Waals surface area contributed by atoms with Crippen LogP contribution in [-0.2, 0) is 4.79 Å². The minimum atomic E-state index is -0.983. The van der Waals surface area contributed by atoms with Crippen molar-refractivity contribution in [1.82, 2.24) is 4.98 Å². The van der Waals surface area contributed by atoms with Crippen molar-refractivity contribution in [2.45, 2.75) is 20.8 Å². The van der Waals surface area contributed by atoms with Crippen molar-refractivity contribution in [3.8, 4) is 11.6 Å². The smallest absolute Gasteiger partial charge is 0.328 e. The zero-order valence-corrected chi connectivity index (χ0v) is 12.3.